The van der Waals surface area contributed by atoms with Gasteiger partial charge in [-0.3, -0.25) is 14.5 Å². The fourth-order valence-corrected chi connectivity index (χ4v) is 5.46. The second kappa shape index (κ2) is 11.0. The molecule has 16 heteroatoms. The largest absolute Gasteiger partial charge is 0.408 e. The number of alkyl halides is 3. The van der Waals surface area contributed by atoms with Crippen LogP contribution in [-0.4, -0.2) is 85.0 Å². The van der Waals surface area contributed by atoms with Crippen molar-refractivity contribution in [3.05, 3.63) is 29.8 Å². The third-order valence-corrected chi connectivity index (χ3v) is 7.84. The maximum absolute atomic E-state index is 13.3. The van der Waals surface area contributed by atoms with Crippen molar-refractivity contribution in [1.29, 1.82) is 0 Å². The molecule has 3 aromatic rings. The molecule has 1 fully saturated rings. The van der Waals surface area contributed by atoms with Crippen molar-refractivity contribution in [3.8, 4) is 22.4 Å². The van der Waals surface area contributed by atoms with Gasteiger partial charge >= 0.3 is 6.18 Å². The van der Waals surface area contributed by atoms with E-state index in [1.165, 1.54) is 44.4 Å². The number of carbonyl (C=O) groups excluding carboxylic acids is 2. The molecule has 0 spiro atoms. The number of hydrogen-bond acceptors (Lipinski definition) is 10. The highest BCUT2D eigenvalue weighted by atomic mass is 32.1. The van der Waals surface area contributed by atoms with Crippen LogP contribution >= 0.6 is 11.3 Å². The lowest BCUT2D eigenvalue weighted by Crippen LogP contribution is -2.54. The molecule has 3 atom stereocenters. The summed E-state index contributed by atoms with van der Waals surface area (Å²) in [7, 11) is 1.58. The summed E-state index contributed by atoms with van der Waals surface area (Å²) in [6.07, 6.45) is -1.03. The van der Waals surface area contributed by atoms with E-state index in [1.807, 2.05) is 0 Å². The van der Waals surface area contributed by atoms with Gasteiger partial charge in [0.2, 0.25) is 18.2 Å². The lowest BCUT2D eigenvalue weighted by atomic mass is 10.2. The Morgan fingerprint density at radius 3 is 2.71 bits per heavy atom. The minimum Gasteiger partial charge on any atom is -0.356 e. The Balaban J connectivity index is 1.29. The smallest absolute Gasteiger partial charge is 0.356 e. The number of amides is 2. The first-order valence-corrected chi connectivity index (χ1v) is 13.5. The van der Waals surface area contributed by atoms with Crippen molar-refractivity contribution in [1.82, 2.24) is 29.4 Å². The van der Waals surface area contributed by atoms with Crippen LogP contribution in [0.5, 0.6) is 0 Å². The summed E-state index contributed by atoms with van der Waals surface area (Å²) in [6, 6.07) is -2.47. The van der Waals surface area contributed by atoms with Crippen LogP contribution in [0.25, 0.3) is 10.6 Å². The van der Waals surface area contributed by atoms with Gasteiger partial charge in [0.25, 0.3) is 5.91 Å². The lowest BCUT2D eigenvalue weighted by Gasteiger charge is -2.37. The normalized spacial score (nSPS) is 19.6. The van der Waals surface area contributed by atoms with E-state index in [-0.39, 0.29) is 42.8 Å². The number of hydrogen-bond donors (Lipinski definition) is 2. The number of thiazole rings is 1. The average molecular weight is 590 g/mol. The van der Waals surface area contributed by atoms with Crippen molar-refractivity contribution in [2.24, 2.45) is 0 Å². The molecule has 216 valence electrons. The van der Waals surface area contributed by atoms with E-state index in [2.05, 4.69) is 37.1 Å². The molecule has 0 radical (unpaired) electrons. The molecule has 2 amide bonds. The third kappa shape index (κ3) is 5.30. The van der Waals surface area contributed by atoms with Gasteiger partial charge in [-0.1, -0.05) is 5.92 Å². The number of halogens is 3. The Kier molecular flexibility index (Phi) is 7.58. The number of nitrogens with one attached hydrogen (secondary N) is 1. The van der Waals surface area contributed by atoms with Crippen LogP contribution in [0.3, 0.4) is 0 Å². The van der Waals surface area contributed by atoms with Crippen LogP contribution < -0.4 is 15.1 Å². The highest BCUT2D eigenvalue weighted by Crippen LogP contribution is 2.35. The molecule has 41 heavy (non-hydrogen) atoms. The van der Waals surface area contributed by atoms with Gasteiger partial charge in [0.1, 0.15) is 22.9 Å². The molecule has 2 aliphatic rings. The van der Waals surface area contributed by atoms with Crippen LogP contribution in [-0.2, 0) is 4.79 Å². The second-order valence-electron chi connectivity index (χ2n) is 9.51. The van der Waals surface area contributed by atoms with E-state index in [9.17, 15) is 27.9 Å². The van der Waals surface area contributed by atoms with Gasteiger partial charge in [0, 0.05) is 36.9 Å². The predicted molar refractivity (Wildman–Crippen MR) is 144 cm³/mol. The SMILES string of the molecule is CC#CCN1C(=O)c2c(ncn2[C@@H](C)C(=O)Nc2csc(-c3cnc(N4CCC[C@H]4C(F)(F)F)nc3)n2)N(C)C1O. The Labute approximate surface area is 236 Å². The van der Waals surface area contributed by atoms with E-state index in [1.54, 1.807) is 26.3 Å². The van der Waals surface area contributed by atoms with Gasteiger partial charge in [0.05, 0.1) is 12.9 Å². The van der Waals surface area contributed by atoms with E-state index in [0.717, 1.165) is 4.90 Å². The van der Waals surface area contributed by atoms with Crippen molar-refractivity contribution in [3.63, 3.8) is 0 Å². The zero-order chi connectivity index (χ0) is 29.5. The molecule has 0 saturated carbocycles. The molecule has 0 bridgehead atoms. The van der Waals surface area contributed by atoms with Gasteiger partial charge < -0.3 is 24.8 Å². The van der Waals surface area contributed by atoms with Crippen molar-refractivity contribution >= 4 is 40.7 Å². The van der Waals surface area contributed by atoms with E-state index in [4.69, 9.17) is 0 Å². The van der Waals surface area contributed by atoms with Crippen LogP contribution in [0.4, 0.5) is 30.8 Å². The zero-order valence-electron chi connectivity index (χ0n) is 22.3. The highest BCUT2D eigenvalue weighted by molar-refractivity contribution is 7.13. The molecule has 2 aliphatic heterocycles. The number of carbonyl (C=O) groups is 2. The zero-order valence-corrected chi connectivity index (χ0v) is 23.1. The van der Waals surface area contributed by atoms with Gasteiger partial charge in [-0.15, -0.1) is 17.3 Å². The molecule has 1 saturated heterocycles. The summed E-state index contributed by atoms with van der Waals surface area (Å²) in [5.41, 5.74) is 0.626. The van der Waals surface area contributed by atoms with Gasteiger partial charge in [-0.05, 0) is 26.7 Å². The number of aliphatic hydroxyl groups excluding tert-OH is 1. The van der Waals surface area contributed by atoms with Crippen molar-refractivity contribution < 1.29 is 27.9 Å². The molecular formula is C25H26F3N9O3S. The number of fused-ring (bicyclic) bond motifs is 1. The molecule has 3 aromatic heterocycles. The van der Waals surface area contributed by atoms with Gasteiger partial charge in [0.15, 0.2) is 11.5 Å². The number of anilines is 3. The van der Waals surface area contributed by atoms with Gasteiger partial charge in [-0.2, -0.15) is 13.2 Å². The number of imidazole rings is 1. The number of aromatic nitrogens is 5. The van der Waals surface area contributed by atoms with Crippen LogP contribution in [0.15, 0.2) is 24.1 Å². The predicted octanol–water partition coefficient (Wildman–Crippen LogP) is 2.72. The molecule has 1 unspecified atom stereocenters. The van der Waals surface area contributed by atoms with Crippen LogP contribution in [0.1, 0.15) is 43.2 Å². The average Bonchev–Trinajstić information content (AvgIpc) is 3.71. The Bertz CT molecular complexity index is 1510. The highest BCUT2D eigenvalue weighted by Gasteiger charge is 2.47. The summed E-state index contributed by atoms with van der Waals surface area (Å²) in [5, 5.41) is 15.3. The van der Waals surface area contributed by atoms with Crippen LogP contribution in [0.2, 0.25) is 0 Å². The first-order chi connectivity index (χ1) is 19.5. The van der Waals surface area contributed by atoms with E-state index < -0.39 is 36.4 Å². The molecule has 0 aliphatic carbocycles. The first-order valence-electron chi connectivity index (χ1n) is 12.6. The molecule has 5 heterocycles. The maximum atomic E-state index is 13.3. The van der Waals surface area contributed by atoms with E-state index >= 15 is 0 Å². The first kappa shape index (κ1) is 28.3. The van der Waals surface area contributed by atoms with Crippen molar-refractivity contribution in [2.45, 2.75) is 51.3 Å². The summed E-state index contributed by atoms with van der Waals surface area (Å²) in [6.45, 7) is 3.44. The number of nitrogens with zero attached hydrogens (tertiary/aromatic N) is 8. The van der Waals surface area contributed by atoms with E-state index in [0.29, 0.717) is 17.0 Å². The maximum Gasteiger partial charge on any atom is 0.408 e. The Morgan fingerprint density at radius 2 is 2.02 bits per heavy atom. The molecule has 2 N–H and O–H groups in total. The van der Waals surface area contributed by atoms with Crippen molar-refractivity contribution in [2.75, 3.05) is 35.3 Å². The summed E-state index contributed by atoms with van der Waals surface area (Å²) < 4.78 is 41.4. The Morgan fingerprint density at radius 1 is 1.29 bits per heavy atom. The molecular weight excluding hydrogens is 563 g/mol. The molecule has 12 nitrogen and oxygen atoms in total. The minimum absolute atomic E-state index is 0.000721. The summed E-state index contributed by atoms with van der Waals surface area (Å²) in [5.74, 6) is 4.95. The lowest BCUT2D eigenvalue weighted by molar-refractivity contribution is -0.146. The summed E-state index contributed by atoms with van der Waals surface area (Å²) >= 11 is 1.20. The quantitative estimate of drug-likeness (QED) is 0.417. The third-order valence-electron chi connectivity index (χ3n) is 6.95. The molecule has 0 aromatic carbocycles. The standard InChI is InChI=1S/C25H26F3N9O3S/c1-4-5-8-36-22(39)18-19(34(3)24(36)40)31-13-37(18)14(2)20(38)32-17-12-41-21(33-17)15-10-29-23(30-11-15)35-9-6-7-16(35)25(26,27)28/h10-14,16,24,40H,6-9H2,1-3H3,(H,32,38)/t14-,16-,24?/m0/s1. The summed E-state index contributed by atoms with van der Waals surface area (Å²) in [4.78, 5) is 47.0. The number of aliphatic hydroxyl groups is 1. The van der Waals surface area contributed by atoms with Crippen LogP contribution in [0, 0.1) is 11.8 Å². The fourth-order valence-electron chi connectivity index (χ4n) is 4.73. The topological polar surface area (TPSA) is 133 Å². The monoisotopic (exact) mass is 589 g/mol. The fraction of sp³-hybridized carbons (Fsp3) is 0.440. The van der Waals surface area contributed by atoms with Gasteiger partial charge in [-0.25, -0.2) is 19.9 Å². The number of rotatable bonds is 6. The molecule has 5 rings (SSSR count). The second-order valence-corrected chi connectivity index (χ2v) is 10.4. The minimum atomic E-state index is -4.36. The Hall–Kier alpha value is -4.23.